The maximum atomic E-state index is 8.89. The summed E-state index contributed by atoms with van der Waals surface area (Å²) in [5.41, 5.74) is 1.50. The first-order valence-electron chi connectivity index (χ1n) is 5.37. The van der Waals surface area contributed by atoms with E-state index in [1.807, 2.05) is 12.1 Å². The smallest absolute Gasteiger partial charge is 0.140 e. The van der Waals surface area contributed by atoms with E-state index in [-0.39, 0.29) is 19.1 Å². The van der Waals surface area contributed by atoms with Crippen LogP contribution >= 0.6 is 0 Å². The molecule has 0 bridgehead atoms. The summed E-state index contributed by atoms with van der Waals surface area (Å²) in [7, 11) is 0. The molecular weight excluding hydrogens is 204 g/mol. The van der Waals surface area contributed by atoms with E-state index in [2.05, 4.69) is 4.98 Å². The van der Waals surface area contributed by atoms with Crippen molar-refractivity contribution in [2.45, 2.75) is 19.3 Å². The standard InChI is InChI=1S/C12H16N2O2/c13-7-12-6-10(4-5-14-12)2-1-3-11(8-15)9-16/h4-6,11,15-16H,1-3,8-9H2. The van der Waals surface area contributed by atoms with Crippen molar-refractivity contribution >= 4 is 0 Å². The summed E-state index contributed by atoms with van der Waals surface area (Å²) in [6.45, 7) is 0.0482. The molecule has 2 N–H and O–H groups in total. The van der Waals surface area contributed by atoms with E-state index in [1.165, 1.54) is 0 Å². The lowest BCUT2D eigenvalue weighted by atomic mass is 10.0. The molecule has 0 saturated heterocycles. The van der Waals surface area contributed by atoms with Gasteiger partial charge in [0.25, 0.3) is 0 Å². The van der Waals surface area contributed by atoms with Gasteiger partial charge in [-0.05, 0) is 37.0 Å². The van der Waals surface area contributed by atoms with Crippen LogP contribution in [0.2, 0.25) is 0 Å². The van der Waals surface area contributed by atoms with Gasteiger partial charge in [0, 0.05) is 25.3 Å². The number of nitriles is 1. The van der Waals surface area contributed by atoms with Gasteiger partial charge in [-0.25, -0.2) is 4.98 Å². The highest BCUT2D eigenvalue weighted by atomic mass is 16.3. The van der Waals surface area contributed by atoms with Crippen LogP contribution in [0.3, 0.4) is 0 Å². The van der Waals surface area contributed by atoms with Crippen LogP contribution in [0.1, 0.15) is 24.1 Å². The van der Waals surface area contributed by atoms with Gasteiger partial charge >= 0.3 is 0 Å². The quantitative estimate of drug-likeness (QED) is 0.746. The average molecular weight is 220 g/mol. The second-order valence-corrected chi connectivity index (χ2v) is 3.78. The van der Waals surface area contributed by atoms with Gasteiger partial charge < -0.3 is 10.2 Å². The molecule has 0 atom stereocenters. The number of hydrogen-bond donors (Lipinski definition) is 2. The van der Waals surface area contributed by atoms with Crippen molar-refractivity contribution in [1.29, 1.82) is 5.26 Å². The minimum Gasteiger partial charge on any atom is -0.396 e. The summed E-state index contributed by atoms with van der Waals surface area (Å²) in [6, 6.07) is 5.65. The predicted molar refractivity (Wildman–Crippen MR) is 59.6 cm³/mol. The van der Waals surface area contributed by atoms with Gasteiger partial charge in [-0.1, -0.05) is 0 Å². The van der Waals surface area contributed by atoms with Gasteiger partial charge in [-0.2, -0.15) is 5.26 Å². The minimum absolute atomic E-state index is 0.0241. The average Bonchev–Trinajstić information content (AvgIpc) is 2.35. The Kier molecular flexibility index (Phi) is 5.48. The van der Waals surface area contributed by atoms with E-state index in [1.54, 1.807) is 12.3 Å². The summed E-state index contributed by atoms with van der Waals surface area (Å²) in [5, 5.41) is 26.5. The fourth-order valence-corrected chi connectivity index (χ4v) is 1.53. The van der Waals surface area contributed by atoms with Crippen molar-refractivity contribution in [3.63, 3.8) is 0 Å². The molecule has 16 heavy (non-hydrogen) atoms. The maximum Gasteiger partial charge on any atom is 0.140 e. The summed E-state index contributed by atoms with van der Waals surface area (Å²) in [5.74, 6) is -0.0303. The number of aliphatic hydroxyl groups excluding tert-OH is 2. The van der Waals surface area contributed by atoms with Crippen molar-refractivity contribution < 1.29 is 10.2 Å². The molecule has 0 spiro atoms. The Morgan fingerprint density at radius 2 is 2.12 bits per heavy atom. The molecule has 1 rings (SSSR count). The summed E-state index contributed by atoms with van der Waals surface area (Å²) >= 11 is 0. The Morgan fingerprint density at radius 3 is 2.75 bits per heavy atom. The van der Waals surface area contributed by atoms with Crippen LogP contribution in [0.5, 0.6) is 0 Å². The Labute approximate surface area is 95.2 Å². The number of aromatic nitrogens is 1. The third-order valence-electron chi connectivity index (χ3n) is 2.53. The maximum absolute atomic E-state index is 8.89. The molecule has 0 radical (unpaired) electrons. The third-order valence-corrected chi connectivity index (χ3v) is 2.53. The first-order valence-corrected chi connectivity index (χ1v) is 5.37. The summed E-state index contributed by atoms with van der Waals surface area (Å²) in [6.07, 6.45) is 4.15. The molecule has 0 saturated carbocycles. The Bertz CT molecular complexity index is 356. The molecule has 1 aromatic rings. The van der Waals surface area contributed by atoms with E-state index < -0.39 is 0 Å². The van der Waals surface area contributed by atoms with Crippen molar-refractivity contribution in [3.8, 4) is 6.07 Å². The zero-order chi connectivity index (χ0) is 11.8. The highest BCUT2D eigenvalue weighted by molar-refractivity contribution is 5.25. The van der Waals surface area contributed by atoms with Crippen LogP contribution in [0.4, 0.5) is 0 Å². The van der Waals surface area contributed by atoms with Gasteiger partial charge in [0.2, 0.25) is 0 Å². The molecule has 1 aromatic heterocycles. The van der Waals surface area contributed by atoms with Crippen LogP contribution in [0.25, 0.3) is 0 Å². The second-order valence-electron chi connectivity index (χ2n) is 3.78. The van der Waals surface area contributed by atoms with Gasteiger partial charge in [0.1, 0.15) is 11.8 Å². The van der Waals surface area contributed by atoms with E-state index in [4.69, 9.17) is 15.5 Å². The number of nitrogens with zero attached hydrogens (tertiary/aromatic N) is 2. The molecule has 0 unspecified atom stereocenters. The Morgan fingerprint density at radius 1 is 1.38 bits per heavy atom. The van der Waals surface area contributed by atoms with Gasteiger partial charge in [0.05, 0.1) is 0 Å². The largest absolute Gasteiger partial charge is 0.396 e. The lowest BCUT2D eigenvalue weighted by molar-refractivity contribution is 0.142. The fraction of sp³-hybridized carbons (Fsp3) is 0.500. The minimum atomic E-state index is -0.0303. The first kappa shape index (κ1) is 12.6. The molecule has 0 aliphatic carbocycles. The zero-order valence-corrected chi connectivity index (χ0v) is 9.13. The molecule has 0 amide bonds. The Hall–Kier alpha value is -1.44. The monoisotopic (exact) mass is 220 g/mol. The number of rotatable bonds is 6. The lowest BCUT2D eigenvalue weighted by Crippen LogP contribution is -2.11. The van der Waals surface area contributed by atoms with Crippen LogP contribution in [-0.2, 0) is 6.42 Å². The predicted octanol–water partition coefficient (Wildman–Crippen LogP) is 0.877. The normalized spacial score (nSPS) is 10.4. The van der Waals surface area contributed by atoms with Crippen molar-refractivity contribution in [3.05, 3.63) is 29.6 Å². The topological polar surface area (TPSA) is 77.1 Å². The van der Waals surface area contributed by atoms with Crippen LogP contribution in [-0.4, -0.2) is 28.4 Å². The number of aliphatic hydroxyl groups is 2. The SMILES string of the molecule is N#Cc1cc(CCCC(CO)CO)ccn1. The molecule has 0 fully saturated rings. The zero-order valence-electron chi connectivity index (χ0n) is 9.13. The third kappa shape index (κ3) is 3.97. The summed E-state index contributed by atoms with van der Waals surface area (Å²) < 4.78 is 0. The van der Waals surface area contributed by atoms with Crippen molar-refractivity contribution in [2.24, 2.45) is 5.92 Å². The molecule has 0 aromatic carbocycles. The van der Waals surface area contributed by atoms with Crippen LogP contribution in [0.15, 0.2) is 18.3 Å². The Balaban J connectivity index is 2.40. The van der Waals surface area contributed by atoms with Crippen LogP contribution in [0, 0.1) is 17.2 Å². The van der Waals surface area contributed by atoms with E-state index in [0.29, 0.717) is 5.69 Å². The highest BCUT2D eigenvalue weighted by Gasteiger charge is 2.05. The van der Waals surface area contributed by atoms with Gasteiger partial charge in [-0.3, -0.25) is 0 Å². The van der Waals surface area contributed by atoms with E-state index in [9.17, 15) is 0 Å². The number of pyridine rings is 1. The van der Waals surface area contributed by atoms with Gasteiger partial charge in [-0.15, -0.1) is 0 Å². The van der Waals surface area contributed by atoms with Crippen molar-refractivity contribution in [2.75, 3.05) is 13.2 Å². The molecule has 1 heterocycles. The molecular formula is C12H16N2O2. The summed E-state index contributed by atoms with van der Waals surface area (Å²) in [4.78, 5) is 3.89. The van der Waals surface area contributed by atoms with Crippen LogP contribution < -0.4 is 0 Å². The molecule has 4 nitrogen and oxygen atoms in total. The fourth-order valence-electron chi connectivity index (χ4n) is 1.53. The molecule has 86 valence electrons. The molecule has 0 aliphatic rings. The first-order chi connectivity index (χ1) is 7.80. The number of hydrogen-bond acceptors (Lipinski definition) is 4. The van der Waals surface area contributed by atoms with Gasteiger partial charge in [0.15, 0.2) is 0 Å². The van der Waals surface area contributed by atoms with E-state index >= 15 is 0 Å². The lowest BCUT2D eigenvalue weighted by Gasteiger charge is -2.09. The van der Waals surface area contributed by atoms with E-state index in [0.717, 1.165) is 24.8 Å². The highest BCUT2D eigenvalue weighted by Crippen LogP contribution is 2.10. The number of aryl methyl sites for hydroxylation is 1. The molecule has 4 heteroatoms. The second kappa shape index (κ2) is 6.94. The molecule has 0 aliphatic heterocycles. The van der Waals surface area contributed by atoms with Crippen molar-refractivity contribution in [1.82, 2.24) is 4.98 Å².